The summed E-state index contributed by atoms with van der Waals surface area (Å²) in [5.74, 6) is -1.27. The number of aliphatic carboxylic acids is 1. The van der Waals surface area contributed by atoms with E-state index in [0.717, 1.165) is 0 Å². The number of carbonyl (C=O) groups excluding carboxylic acids is 2. The van der Waals surface area contributed by atoms with Crippen LogP contribution in [0.4, 0.5) is 0 Å². The van der Waals surface area contributed by atoms with Crippen LogP contribution in [0.25, 0.3) is 0 Å². The summed E-state index contributed by atoms with van der Waals surface area (Å²) < 4.78 is 10.8. The Morgan fingerprint density at radius 3 is 2.56 bits per heavy atom. The second kappa shape index (κ2) is 8.75. The number of likely N-dealkylation sites (tertiary alicyclic amines) is 1. The van der Waals surface area contributed by atoms with Crippen LogP contribution in [-0.4, -0.2) is 60.1 Å². The van der Waals surface area contributed by atoms with Gasteiger partial charge in [-0.2, -0.15) is 0 Å². The standard InChI is InChI=1S/C19H26N2O6/c1-11(2)20-17(22)10-27-15-6-5-13(9-16(15)26-4)18(23)21-8-7-14(12(21)3)19(24)25/h5-6,9,11-12,14H,7-8,10H2,1-4H3,(H,20,22)(H,24,25). The minimum Gasteiger partial charge on any atom is -0.493 e. The highest BCUT2D eigenvalue weighted by Crippen LogP contribution is 2.31. The molecule has 0 radical (unpaired) electrons. The fraction of sp³-hybridized carbons (Fsp3) is 0.526. The van der Waals surface area contributed by atoms with Crippen molar-refractivity contribution in [2.24, 2.45) is 5.92 Å². The number of hydrogen-bond donors (Lipinski definition) is 2. The van der Waals surface area contributed by atoms with Gasteiger partial charge in [0.1, 0.15) is 0 Å². The van der Waals surface area contributed by atoms with Crippen LogP contribution in [0, 0.1) is 5.92 Å². The topological polar surface area (TPSA) is 105 Å². The van der Waals surface area contributed by atoms with Crippen LogP contribution in [0.1, 0.15) is 37.6 Å². The summed E-state index contributed by atoms with van der Waals surface area (Å²) in [6, 6.07) is 4.33. The van der Waals surface area contributed by atoms with Crippen LogP contribution in [0.15, 0.2) is 18.2 Å². The van der Waals surface area contributed by atoms with Crippen molar-refractivity contribution in [3.05, 3.63) is 23.8 Å². The first kappa shape index (κ1) is 20.5. The van der Waals surface area contributed by atoms with Crippen LogP contribution < -0.4 is 14.8 Å². The van der Waals surface area contributed by atoms with E-state index in [2.05, 4.69) is 5.32 Å². The summed E-state index contributed by atoms with van der Waals surface area (Å²) in [4.78, 5) is 37.3. The molecule has 1 heterocycles. The number of carboxylic acids is 1. The average Bonchev–Trinajstić information content (AvgIpc) is 3.00. The lowest BCUT2D eigenvalue weighted by Gasteiger charge is -2.23. The molecule has 2 amide bonds. The first-order valence-electron chi connectivity index (χ1n) is 8.88. The van der Waals surface area contributed by atoms with E-state index in [1.165, 1.54) is 7.11 Å². The molecule has 8 nitrogen and oxygen atoms in total. The Morgan fingerprint density at radius 2 is 2.00 bits per heavy atom. The first-order chi connectivity index (χ1) is 12.7. The number of hydrogen-bond acceptors (Lipinski definition) is 5. The Bertz CT molecular complexity index is 718. The Hall–Kier alpha value is -2.77. The second-order valence-corrected chi connectivity index (χ2v) is 6.85. The number of nitrogens with one attached hydrogen (secondary N) is 1. The zero-order valence-corrected chi connectivity index (χ0v) is 16.0. The van der Waals surface area contributed by atoms with Gasteiger partial charge in [0.2, 0.25) is 0 Å². The van der Waals surface area contributed by atoms with Crippen LogP contribution >= 0.6 is 0 Å². The molecular formula is C19H26N2O6. The van der Waals surface area contributed by atoms with Crippen molar-refractivity contribution in [1.29, 1.82) is 0 Å². The number of nitrogens with zero attached hydrogens (tertiary/aromatic N) is 1. The molecule has 0 aliphatic carbocycles. The zero-order valence-electron chi connectivity index (χ0n) is 16.0. The third-order valence-corrected chi connectivity index (χ3v) is 4.55. The number of benzene rings is 1. The summed E-state index contributed by atoms with van der Waals surface area (Å²) in [5, 5.41) is 11.9. The maximum Gasteiger partial charge on any atom is 0.308 e. The minimum absolute atomic E-state index is 0.0140. The molecule has 2 atom stereocenters. The molecule has 0 spiro atoms. The fourth-order valence-corrected chi connectivity index (χ4v) is 3.15. The van der Waals surface area contributed by atoms with Gasteiger partial charge < -0.3 is 24.8 Å². The van der Waals surface area contributed by atoms with Crippen molar-refractivity contribution < 1.29 is 29.0 Å². The van der Waals surface area contributed by atoms with Gasteiger partial charge >= 0.3 is 5.97 Å². The molecule has 1 aromatic carbocycles. The molecule has 1 saturated heterocycles. The number of carboxylic acid groups (broad SMARTS) is 1. The van der Waals surface area contributed by atoms with Crippen LogP contribution in [0.2, 0.25) is 0 Å². The molecule has 2 rings (SSSR count). The third-order valence-electron chi connectivity index (χ3n) is 4.55. The summed E-state index contributed by atoms with van der Waals surface area (Å²) >= 11 is 0. The van der Waals surface area contributed by atoms with E-state index in [4.69, 9.17) is 9.47 Å². The highest BCUT2D eigenvalue weighted by molar-refractivity contribution is 5.95. The monoisotopic (exact) mass is 378 g/mol. The maximum absolute atomic E-state index is 12.8. The van der Waals surface area contributed by atoms with Gasteiger partial charge in [-0.1, -0.05) is 0 Å². The van der Waals surface area contributed by atoms with E-state index in [-0.39, 0.29) is 30.5 Å². The highest BCUT2D eigenvalue weighted by Gasteiger charge is 2.38. The van der Waals surface area contributed by atoms with Gasteiger partial charge in [-0.25, -0.2) is 0 Å². The molecule has 27 heavy (non-hydrogen) atoms. The van der Waals surface area contributed by atoms with Crippen molar-refractivity contribution in [2.45, 2.75) is 39.3 Å². The molecule has 2 unspecified atom stereocenters. The van der Waals surface area contributed by atoms with Gasteiger partial charge in [-0.3, -0.25) is 14.4 Å². The van der Waals surface area contributed by atoms with Gasteiger partial charge in [0.05, 0.1) is 13.0 Å². The first-order valence-corrected chi connectivity index (χ1v) is 8.88. The molecule has 2 N–H and O–H groups in total. The molecule has 0 bridgehead atoms. The van der Waals surface area contributed by atoms with Gasteiger partial charge in [-0.05, 0) is 45.4 Å². The summed E-state index contributed by atoms with van der Waals surface area (Å²) in [7, 11) is 1.45. The van der Waals surface area contributed by atoms with Crippen LogP contribution in [0.5, 0.6) is 11.5 Å². The third kappa shape index (κ3) is 4.90. The number of ether oxygens (including phenoxy) is 2. The summed E-state index contributed by atoms with van der Waals surface area (Å²) in [6.07, 6.45) is 0.436. The largest absolute Gasteiger partial charge is 0.493 e. The predicted molar refractivity (Wildman–Crippen MR) is 98.0 cm³/mol. The summed E-state index contributed by atoms with van der Waals surface area (Å²) in [6.45, 7) is 5.68. The van der Waals surface area contributed by atoms with Crippen molar-refractivity contribution in [3.63, 3.8) is 0 Å². The van der Waals surface area contributed by atoms with E-state index in [9.17, 15) is 19.5 Å². The maximum atomic E-state index is 12.8. The lowest BCUT2D eigenvalue weighted by Crippen LogP contribution is -2.37. The SMILES string of the molecule is COc1cc(C(=O)N2CCC(C(=O)O)C2C)ccc1OCC(=O)NC(C)C. The van der Waals surface area contributed by atoms with Crippen LogP contribution in [-0.2, 0) is 9.59 Å². The number of rotatable bonds is 7. The number of amides is 2. The Labute approximate surface area is 158 Å². The van der Waals surface area contributed by atoms with Gasteiger partial charge in [0.15, 0.2) is 18.1 Å². The van der Waals surface area contributed by atoms with Gasteiger partial charge in [-0.15, -0.1) is 0 Å². The van der Waals surface area contributed by atoms with Crippen molar-refractivity contribution in [3.8, 4) is 11.5 Å². The number of methoxy groups -OCH3 is 1. The molecule has 1 aliphatic heterocycles. The molecule has 1 fully saturated rings. The van der Waals surface area contributed by atoms with Gasteiger partial charge in [0, 0.05) is 24.2 Å². The Balaban J connectivity index is 2.10. The second-order valence-electron chi connectivity index (χ2n) is 6.85. The predicted octanol–water partition coefficient (Wildman–Crippen LogP) is 1.53. The molecule has 1 aromatic rings. The van der Waals surface area contributed by atoms with E-state index in [1.807, 2.05) is 13.8 Å². The molecular weight excluding hydrogens is 352 g/mol. The minimum atomic E-state index is -0.890. The zero-order chi connectivity index (χ0) is 20.1. The molecule has 1 aliphatic rings. The van der Waals surface area contributed by atoms with E-state index in [1.54, 1.807) is 30.0 Å². The number of carbonyl (C=O) groups is 3. The summed E-state index contributed by atoms with van der Waals surface area (Å²) in [5.41, 5.74) is 0.378. The Morgan fingerprint density at radius 1 is 1.30 bits per heavy atom. The molecule has 0 aromatic heterocycles. The Kier molecular flexibility index (Phi) is 6.65. The van der Waals surface area contributed by atoms with Gasteiger partial charge in [0.25, 0.3) is 11.8 Å². The van der Waals surface area contributed by atoms with Crippen molar-refractivity contribution >= 4 is 17.8 Å². The lowest BCUT2D eigenvalue weighted by molar-refractivity contribution is -0.142. The van der Waals surface area contributed by atoms with E-state index in [0.29, 0.717) is 30.0 Å². The van der Waals surface area contributed by atoms with Crippen molar-refractivity contribution in [1.82, 2.24) is 10.2 Å². The molecule has 148 valence electrons. The smallest absolute Gasteiger partial charge is 0.308 e. The fourth-order valence-electron chi connectivity index (χ4n) is 3.15. The quantitative estimate of drug-likeness (QED) is 0.746. The van der Waals surface area contributed by atoms with E-state index < -0.39 is 11.9 Å². The van der Waals surface area contributed by atoms with Crippen molar-refractivity contribution in [2.75, 3.05) is 20.3 Å². The average molecular weight is 378 g/mol. The lowest BCUT2D eigenvalue weighted by atomic mass is 10.0. The highest BCUT2D eigenvalue weighted by atomic mass is 16.5. The van der Waals surface area contributed by atoms with Crippen LogP contribution in [0.3, 0.4) is 0 Å². The molecule has 8 heteroatoms. The molecule has 0 saturated carbocycles. The normalized spacial score (nSPS) is 19.1. The van der Waals surface area contributed by atoms with E-state index >= 15 is 0 Å².